The average Bonchev–Trinajstić information content (AvgIpc) is 2.49. The van der Waals surface area contributed by atoms with Crippen LogP contribution < -0.4 is 0 Å². The largest absolute Gasteiger partial charge is 0.244 e. The number of aromatic nitrogens is 4. The number of hydrogen-bond donors (Lipinski definition) is 0. The molecule has 0 unspecified atom stereocenters. The third kappa shape index (κ3) is 2.08. The zero-order valence-corrected chi connectivity index (χ0v) is 9.56. The van der Waals surface area contributed by atoms with Crippen LogP contribution in [0.4, 0.5) is 0 Å². The van der Waals surface area contributed by atoms with Crippen LogP contribution in [0.1, 0.15) is 0 Å². The lowest BCUT2D eigenvalue weighted by Crippen LogP contribution is -1.90. The summed E-state index contributed by atoms with van der Waals surface area (Å²) in [6.07, 6.45) is 6.75. The quantitative estimate of drug-likeness (QED) is 0.684. The van der Waals surface area contributed by atoms with E-state index in [-0.39, 0.29) is 0 Å². The van der Waals surface area contributed by atoms with E-state index in [1.165, 1.54) is 6.33 Å². The summed E-state index contributed by atoms with van der Waals surface area (Å²) in [5.41, 5.74) is 3.79. The van der Waals surface area contributed by atoms with E-state index in [0.717, 1.165) is 22.4 Å². The Balaban J connectivity index is 2.05. The molecule has 86 valence electrons. The van der Waals surface area contributed by atoms with E-state index in [0.29, 0.717) is 0 Å². The second kappa shape index (κ2) is 4.71. The summed E-state index contributed by atoms with van der Waals surface area (Å²) in [4.78, 5) is 8.01. The lowest BCUT2D eigenvalue weighted by Gasteiger charge is -2.03. The van der Waals surface area contributed by atoms with Gasteiger partial charge in [0.25, 0.3) is 0 Å². The monoisotopic (exact) mass is 234 g/mol. The molecular formula is C14H10N4. The van der Waals surface area contributed by atoms with Gasteiger partial charge in [-0.15, -0.1) is 0 Å². The molecule has 0 aliphatic heterocycles. The van der Waals surface area contributed by atoms with Gasteiger partial charge in [0.15, 0.2) is 0 Å². The molecule has 0 fully saturated rings. The van der Waals surface area contributed by atoms with Crippen molar-refractivity contribution in [1.82, 2.24) is 20.2 Å². The first-order chi connectivity index (χ1) is 8.93. The van der Waals surface area contributed by atoms with Gasteiger partial charge in [0.2, 0.25) is 0 Å². The highest BCUT2D eigenvalue weighted by Crippen LogP contribution is 2.22. The molecular weight excluding hydrogens is 224 g/mol. The van der Waals surface area contributed by atoms with Gasteiger partial charge >= 0.3 is 0 Å². The van der Waals surface area contributed by atoms with Crippen LogP contribution in [-0.4, -0.2) is 20.2 Å². The first-order valence-corrected chi connectivity index (χ1v) is 5.57. The van der Waals surface area contributed by atoms with Gasteiger partial charge in [0.1, 0.15) is 6.33 Å². The van der Waals surface area contributed by atoms with Crippen molar-refractivity contribution in [2.45, 2.75) is 0 Å². The van der Waals surface area contributed by atoms with Gasteiger partial charge in [-0.2, -0.15) is 10.2 Å². The highest BCUT2D eigenvalue weighted by Gasteiger charge is 2.03. The van der Waals surface area contributed by atoms with E-state index in [1.54, 1.807) is 18.6 Å². The van der Waals surface area contributed by atoms with Crippen molar-refractivity contribution >= 4 is 0 Å². The number of rotatable bonds is 2. The Labute approximate surface area is 104 Å². The summed E-state index contributed by atoms with van der Waals surface area (Å²) in [6, 6.07) is 11.9. The molecule has 3 rings (SSSR count). The van der Waals surface area contributed by atoms with Gasteiger partial charge in [-0.25, -0.2) is 9.97 Å². The maximum atomic E-state index is 4.14. The van der Waals surface area contributed by atoms with Crippen molar-refractivity contribution in [2.75, 3.05) is 0 Å². The smallest absolute Gasteiger partial charge is 0.115 e. The fraction of sp³-hybridized carbons (Fsp3) is 0. The van der Waals surface area contributed by atoms with Crippen LogP contribution in [0, 0.1) is 0 Å². The normalized spacial score (nSPS) is 10.2. The fourth-order valence-corrected chi connectivity index (χ4v) is 1.72. The molecule has 2 aromatic heterocycles. The van der Waals surface area contributed by atoms with Crippen molar-refractivity contribution < 1.29 is 0 Å². The molecule has 18 heavy (non-hydrogen) atoms. The summed E-state index contributed by atoms with van der Waals surface area (Å²) in [6.45, 7) is 0. The van der Waals surface area contributed by atoms with E-state index in [4.69, 9.17) is 0 Å². The van der Waals surface area contributed by atoms with Crippen molar-refractivity contribution in [3.8, 4) is 22.4 Å². The third-order valence-electron chi connectivity index (χ3n) is 2.62. The van der Waals surface area contributed by atoms with Crippen molar-refractivity contribution in [3.63, 3.8) is 0 Å². The minimum atomic E-state index is 0.844. The van der Waals surface area contributed by atoms with Crippen LogP contribution in [0.25, 0.3) is 22.4 Å². The van der Waals surface area contributed by atoms with Gasteiger partial charge in [-0.3, -0.25) is 0 Å². The predicted octanol–water partition coefficient (Wildman–Crippen LogP) is 2.60. The summed E-state index contributed by atoms with van der Waals surface area (Å²) in [5, 5.41) is 8.18. The van der Waals surface area contributed by atoms with E-state index in [2.05, 4.69) is 20.2 Å². The summed E-state index contributed by atoms with van der Waals surface area (Å²) < 4.78 is 0. The molecule has 0 atom stereocenters. The zero-order valence-electron chi connectivity index (χ0n) is 9.56. The minimum absolute atomic E-state index is 0.844. The molecule has 0 spiro atoms. The summed E-state index contributed by atoms with van der Waals surface area (Å²) in [7, 11) is 0. The second-order valence-corrected chi connectivity index (χ2v) is 3.82. The number of hydrogen-bond acceptors (Lipinski definition) is 4. The molecule has 0 aliphatic rings. The fourth-order valence-electron chi connectivity index (χ4n) is 1.72. The molecule has 2 heterocycles. The lowest BCUT2D eigenvalue weighted by atomic mass is 10.1. The molecule has 0 N–H and O–H groups in total. The van der Waals surface area contributed by atoms with Crippen molar-refractivity contribution in [1.29, 1.82) is 0 Å². The van der Waals surface area contributed by atoms with Crippen LogP contribution in [0.5, 0.6) is 0 Å². The van der Waals surface area contributed by atoms with Crippen molar-refractivity contribution in [2.24, 2.45) is 0 Å². The van der Waals surface area contributed by atoms with Crippen LogP contribution in [0.3, 0.4) is 0 Å². The van der Waals surface area contributed by atoms with E-state index in [1.807, 2.05) is 36.4 Å². The Morgan fingerprint density at radius 1 is 0.722 bits per heavy atom. The van der Waals surface area contributed by atoms with Gasteiger partial charge in [-0.05, 0) is 6.07 Å². The van der Waals surface area contributed by atoms with Gasteiger partial charge in [-0.1, -0.05) is 30.3 Å². The first kappa shape index (κ1) is 10.5. The first-order valence-electron chi connectivity index (χ1n) is 5.57. The predicted molar refractivity (Wildman–Crippen MR) is 68.5 cm³/mol. The van der Waals surface area contributed by atoms with Crippen LogP contribution in [-0.2, 0) is 0 Å². The summed E-state index contributed by atoms with van der Waals surface area (Å²) >= 11 is 0. The van der Waals surface area contributed by atoms with Crippen LogP contribution in [0.15, 0.2) is 61.3 Å². The molecule has 0 amide bonds. The molecule has 4 nitrogen and oxygen atoms in total. The van der Waals surface area contributed by atoms with Crippen molar-refractivity contribution in [3.05, 3.63) is 61.3 Å². The van der Waals surface area contributed by atoms with Gasteiger partial charge in [0.05, 0.1) is 11.9 Å². The van der Waals surface area contributed by atoms with Gasteiger partial charge in [0, 0.05) is 29.1 Å². The lowest BCUT2D eigenvalue weighted by molar-refractivity contribution is 1.04. The maximum Gasteiger partial charge on any atom is 0.115 e. The molecule has 4 heteroatoms. The van der Waals surface area contributed by atoms with Gasteiger partial charge < -0.3 is 0 Å². The average molecular weight is 234 g/mol. The van der Waals surface area contributed by atoms with E-state index in [9.17, 15) is 0 Å². The Bertz CT molecular complexity index is 583. The Morgan fingerprint density at radius 2 is 1.50 bits per heavy atom. The van der Waals surface area contributed by atoms with E-state index < -0.39 is 0 Å². The standard InChI is InChI=1S/C14H10N4/c1-2-4-11(5-3-1)14-6-12(9-17-18-14)13-7-15-10-16-8-13/h1-10H. The van der Waals surface area contributed by atoms with Crippen LogP contribution >= 0.6 is 0 Å². The minimum Gasteiger partial charge on any atom is -0.244 e. The molecule has 1 aromatic carbocycles. The molecule has 0 saturated carbocycles. The number of nitrogens with zero attached hydrogens (tertiary/aromatic N) is 4. The second-order valence-electron chi connectivity index (χ2n) is 3.82. The Hall–Kier alpha value is -2.62. The Morgan fingerprint density at radius 3 is 2.28 bits per heavy atom. The number of benzene rings is 1. The molecule has 0 bridgehead atoms. The maximum absolute atomic E-state index is 4.14. The molecule has 0 aliphatic carbocycles. The Kier molecular flexibility index (Phi) is 2.75. The van der Waals surface area contributed by atoms with E-state index >= 15 is 0 Å². The zero-order chi connectivity index (χ0) is 12.2. The highest BCUT2D eigenvalue weighted by atomic mass is 15.1. The third-order valence-corrected chi connectivity index (χ3v) is 2.62. The van der Waals surface area contributed by atoms with Crippen LogP contribution in [0.2, 0.25) is 0 Å². The summed E-state index contributed by atoms with van der Waals surface area (Å²) in [5.74, 6) is 0. The molecule has 0 saturated heterocycles. The topological polar surface area (TPSA) is 51.6 Å². The highest BCUT2D eigenvalue weighted by molar-refractivity contribution is 5.68. The molecule has 0 radical (unpaired) electrons. The molecule has 3 aromatic rings. The SMILES string of the molecule is c1ccc(-c2cc(-c3cncnc3)cnn2)cc1.